The minimum absolute atomic E-state index is 0.176. The third-order valence-corrected chi connectivity index (χ3v) is 23.0. The summed E-state index contributed by atoms with van der Waals surface area (Å²) in [5.74, 6) is 6.72. The molecule has 0 atom stereocenters. The van der Waals surface area contributed by atoms with Crippen LogP contribution in [0.4, 0.5) is 17.5 Å². The number of aryl methyl sites for hydroxylation is 6. The lowest BCUT2D eigenvalue weighted by Gasteiger charge is -2.35. The molecule has 12 aromatic heterocycles. The number of H-pyrrole nitrogens is 6. The van der Waals surface area contributed by atoms with E-state index in [1.165, 1.54) is 57.6 Å². The van der Waals surface area contributed by atoms with Crippen molar-refractivity contribution in [3.8, 4) is 22.5 Å². The number of aromatic nitrogens is 24. The highest BCUT2D eigenvalue weighted by Crippen LogP contribution is 2.61. The maximum Gasteiger partial charge on any atom is 0.339 e. The third kappa shape index (κ3) is 33.4. The SMILES string of the molecule is BrBr.BrCCBr.CCCC(CCC)N1CCn2nc(-c3ccc(Cl)cc3Cl)c3nc(C)nc1c32.CCCC(CCC)Nc1nc(C)nc2c(-c3ccc(Cl)cc3Cl)n[nH]c12.CCCC(CCC)Nc1nc(C)nc2c(Br)[nH]nc12.CCCC(N)CCC.Cc1nc(Cl)c2[nH]ncc2n1.Cc1nc(Cl)c2n[nH]c(Br)c2n1.Cc1nc2cn[nH]c2c(=O)[nH]1.O=P(Cl)(Cl)Cl. The number of nitrogens with one attached hydrogen (secondary N) is 8. The van der Waals surface area contributed by atoms with Crippen LogP contribution in [0.2, 0.25) is 30.4 Å². The van der Waals surface area contributed by atoms with Crippen LogP contribution in [0.1, 0.15) is 193 Å². The van der Waals surface area contributed by atoms with Gasteiger partial charge in [-0.15, -0.1) is 0 Å². The molecule has 0 bridgehead atoms. The van der Waals surface area contributed by atoms with Gasteiger partial charge in [0, 0.05) is 90.8 Å². The van der Waals surface area contributed by atoms with Crippen molar-refractivity contribution in [1.29, 1.82) is 0 Å². The summed E-state index contributed by atoms with van der Waals surface area (Å²) in [6, 6.07) is 12.7. The number of hydrogen-bond acceptors (Lipinski definition) is 23. The van der Waals surface area contributed by atoms with E-state index in [-0.39, 0.29) is 5.56 Å². The Morgan fingerprint density at radius 1 is 0.476 bits per heavy atom. The van der Waals surface area contributed by atoms with Gasteiger partial charge < -0.3 is 26.3 Å². The largest absolute Gasteiger partial charge is 0.365 e. The first-order chi connectivity index (χ1) is 60.2. The van der Waals surface area contributed by atoms with Crippen LogP contribution in [-0.4, -0.2) is 162 Å². The molecule has 0 unspecified atom stereocenters. The minimum Gasteiger partial charge on any atom is -0.365 e. The van der Waals surface area contributed by atoms with Crippen LogP contribution < -0.4 is 26.8 Å². The van der Waals surface area contributed by atoms with E-state index in [0.29, 0.717) is 111 Å². The summed E-state index contributed by atoms with van der Waals surface area (Å²) in [5.41, 5.74) is 17.5. The van der Waals surface area contributed by atoms with Crippen molar-refractivity contribution in [2.75, 3.05) is 32.7 Å². The molecule has 126 heavy (non-hydrogen) atoms. The minimum atomic E-state index is -3.22. The number of anilines is 3. The molecule has 0 amide bonds. The van der Waals surface area contributed by atoms with E-state index < -0.39 is 5.20 Å². The number of benzene rings is 2. The van der Waals surface area contributed by atoms with Crippen LogP contribution in [0.5, 0.6) is 0 Å². The van der Waals surface area contributed by atoms with Gasteiger partial charge in [-0.05, 0) is 195 Å². The first-order valence-electron chi connectivity index (χ1n) is 40.7. The van der Waals surface area contributed by atoms with Gasteiger partial charge in [0.1, 0.15) is 116 Å². The van der Waals surface area contributed by atoms with Gasteiger partial charge in [0.15, 0.2) is 33.3 Å². The maximum atomic E-state index is 11.1. The lowest BCUT2D eigenvalue weighted by atomic mass is 10.0. The summed E-state index contributed by atoms with van der Waals surface area (Å²) in [6.45, 7) is 30.4. The van der Waals surface area contributed by atoms with Crippen molar-refractivity contribution >= 4 is 284 Å². The topological polar surface area (TPSA) is 406 Å². The summed E-state index contributed by atoms with van der Waals surface area (Å²) >= 11 is 69.0. The van der Waals surface area contributed by atoms with Crippen LogP contribution in [-0.2, 0) is 11.1 Å². The standard InChI is InChI=1S/C21H25Cl2N5.C19H23Cl2N5.C13H20BrN5.C7H17N.C6H4BrClN4.C6H5ClN4.C6H6N4O.C2H4Br2.Br2.Cl3OP/c1-4-6-15(7-5-2)27-10-11-28-20-19(24-13(3)25-21(20)27)18(26-28)16-9-8-14(22)12-17(16)23;1-4-6-13(7-5-2)24-19-18-17(22-11(3)23-19)16(25-26-18)14-9-8-12(20)10-15(14)21;1-4-6-9(7-5-2)17-13-11-10(12(14)19-18-11)15-8(3)16-13;1-3-5-7(8)6-4-2;1-2-9-3-4(6(8)10-2)11-12-5(3)7;1-3-9-4-2-8-11-5(4)6(7)10-3;1-3-8-4-2-7-10-5(4)6(11)9-3;3-1-2-4;1-2;1-5(2,3)4/h8-9,12,15H,4-7,10-11H2,1-3H3;8-10,13H,4-7H2,1-3H3,(H,25,26)(H,22,23,24);9H,4-7H2,1-3H3,(H,18,19)(H,15,16,17);7H,3-6,8H2,1-2H3;1H3,(H,11,12);2H,1H3,(H,8,11);2H,1H3,(H,7,10)(H,8,9,11);1-2H2;;. The van der Waals surface area contributed by atoms with Crippen molar-refractivity contribution in [3.63, 3.8) is 0 Å². The highest BCUT2D eigenvalue weighted by molar-refractivity contribution is 9.93. The number of fused-ring (bicyclic) bond motifs is 5. The lowest BCUT2D eigenvalue weighted by Crippen LogP contribution is -2.41. The zero-order valence-electron chi connectivity index (χ0n) is 72.1. The number of aromatic amines is 6. The predicted molar refractivity (Wildman–Crippen MR) is 545 cm³/mol. The van der Waals surface area contributed by atoms with Gasteiger partial charge in [-0.25, -0.2) is 54.8 Å². The quantitative estimate of drug-likeness (QED) is 0.0154. The zero-order chi connectivity index (χ0) is 93.1. The molecule has 0 saturated carbocycles. The van der Waals surface area contributed by atoms with Gasteiger partial charge in [-0.3, -0.25) is 39.5 Å². The molecule has 1 aliphatic heterocycles. The Kier molecular flexibility index (Phi) is 48.5. The van der Waals surface area contributed by atoms with Crippen molar-refractivity contribution in [3.05, 3.63) is 134 Å². The van der Waals surface area contributed by atoms with Gasteiger partial charge in [-0.1, -0.05) is 208 Å². The average Bonchev–Trinajstić information content (AvgIpc) is 1.58. The molecule has 1 aliphatic rings. The average molecular weight is 2320 g/mol. The second kappa shape index (κ2) is 55.8. The Morgan fingerprint density at radius 3 is 1.43 bits per heavy atom. The molecule has 2 aromatic carbocycles. The molecule has 686 valence electrons. The van der Waals surface area contributed by atoms with E-state index in [9.17, 15) is 9.36 Å². The van der Waals surface area contributed by atoms with Crippen LogP contribution in [0.3, 0.4) is 0 Å². The zero-order valence-corrected chi connectivity index (χ0v) is 89.3. The summed E-state index contributed by atoms with van der Waals surface area (Å²) in [6.07, 6.45) is 21.7. The van der Waals surface area contributed by atoms with E-state index in [0.717, 1.165) is 169 Å². The highest BCUT2D eigenvalue weighted by Gasteiger charge is 2.31. The van der Waals surface area contributed by atoms with E-state index >= 15 is 0 Å². The van der Waals surface area contributed by atoms with E-state index in [4.69, 9.17) is 90.4 Å². The number of hydrogen-bond donors (Lipinski definition) is 9. The molecule has 0 radical (unpaired) electrons. The van der Waals surface area contributed by atoms with Crippen LogP contribution >= 0.6 is 201 Å². The molecule has 15 rings (SSSR count). The Labute approximate surface area is 826 Å². The van der Waals surface area contributed by atoms with E-state index in [1.807, 2.05) is 43.7 Å². The van der Waals surface area contributed by atoms with Gasteiger partial charge >= 0.3 is 5.20 Å². The molecular formula is C80H104Br6Cl9N28O2P. The van der Waals surface area contributed by atoms with Crippen LogP contribution in [0, 0.1) is 41.5 Å². The molecule has 13 heterocycles. The molecule has 30 nitrogen and oxygen atoms in total. The Bertz CT molecular complexity index is 5810. The number of halogens is 15. The molecule has 10 N–H and O–H groups in total. The molecule has 46 heteroatoms. The van der Waals surface area contributed by atoms with Crippen LogP contribution in [0.25, 0.3) is 88.7 Å². The van der Waals surface area contributed by atoms with Gasteiger partial charge in [0.05, 0.1) is 29.0 Å². The Balaban J connectivity index is 0.000000230. The number of alkyl halides is 2. The first-order valence-corrected chi connectivity index (χ1v) is 54.9. The Morgan fingerprint density at radius 2 is 0.913 bits per heavy atom. The summed E-state index contributed by atoms with van der Waals surface area (Å²) in [4.78, 5) is 64.1. The summed E-state index contributed by atoms with van der Waals surface area (Å²) in [7, 11) is 0. The fourth-order valence-electron chi connectivity index (χ4n) is 13.3. The highest BCUT2D eigenvalue weighted by atomic mass is 80.9. The number of nitrogens with zero attached hydrogens (tertiary/aromatic N) is 19. The van der Waals surface area contributed by atoms with Crippen LogP contribution in [0.15, 0.2) is 62.8 Å². The summed E-state index contributed by atoms with van der Waals surface area (Å²) in [5, 5.41) is 48.1. The molecule has 14 aromatic rings. The van der Waals surface area contributed by atoms with Crippen molar-refractivity contribution in [2.45, 2.75) is 230 Å². The van der Waals surface area contributed by atoms with Crippen molar-refractivity contribution in [1.82, 2.24) is 121 Å². The fourth-order valence-corrected chi connectivity index (χ4v) is 15.6. The molecular weight excluding hydrogens is 2210 g/mol. The normalized spacial score (nSPS) is 11.5. The second-order valence-electron chi connectivity index (χ2n) is 28.5. The summed E-state index contributed by atoms with van der Waals surface area (Å²) < 4.78 is 13.1. The monoisotopic (exact) mass is 2310 g/mol. The predicted octanol–water partition coefficient (Wildman–Crippen LogP) is 27.3. The second-order valence-corrected chi connectivity index (χ2v) is 40.7. The molecule has 0 aliphatic carbocycles. The number of rotatable bonds is 24. The van der Waals surface area contributed by atoms with E-state index in [2.05, 4.69) is 297 Å². The van der Waals surface area contributed by atoms with Crippen molar-refractivity contribution in [2.24, 2.45) is 5.73 Å². The smallest absolute Gasteiger partial charge is 0.339 e. The van der Waals surface area contributed by atoms with Crippen molar-refractivity contribution < 1.29 is 4.57 Å². The molecule has 0 saturated heterocycles. The fraction of sp³-hybridized carbons (Fsp3) is 0.475. The lowest BCUT2D eigenvalue weighted by molar-refractivity contribution is 0.469. The maximum absolute atomic E-state index is 11.1. The first kappa shape index (κ1) is 109. The molecule has 0 spiro atoms. The molecule has 0 fully saturated rings. The van der Waals surface area contributed by atoms with Gasteiger partial charge in [0.2, 0.25) is 0 Å². The van der Waals surface area contributed by atoms with Gasteiger partial charge in [0.25, 0.3) is 5.56 Å². The third-order valence-electron chi connectivity index (χ3n) is 18.4. The van der Waals surface area contributed by atoms with Gasteiger partial charge in [-0.2, -0.15) is 30.6 Å². The number of nitrogens with two attached hydrogens (primary N) is 1. The van der Waals surface area contributed by atoms with E-state index in [1.54, 1.807) is 45.2 Å². The Hall–Kier alpha value is -5.38.